The van der Waals surface area contributed by atoms with Crippen LogP contribution in [0.1, 0.15) is 41.3 Å². The fourth-order valence-corrected chi connectivity index (χ4v) is 5.28. The van der Waals surface area contributed by atoms with Crippen molar-refractivity contribution in [3.8, 4) is 0 Å². The molecular weight excluding hydrogens is 344 g/mol. The standard InChI is InChI=1S/C20H20N4OS/c25-18-10-16(15-5-3-4-13-11-21-7-6-14(13)15)19-17(12-22-18)23-20(26-19)24-8-1-2-9-24/h3-7,11,16H,1-2,8-10,12H2,(H,22,25). The Morgan fingerprint density at radius 3 is 2.96 bits per heavy atom. The number of pyridine rings is 1. The summed E-state index contributed by atoms with van der Waals surface area (Å²) in [4.78, 5) is 25.1. The molecule has 1 aromatic carbocycles. The van der Waals surface area contributed by atoms with Gasteiger partial charge in [0.25, 0.3) is 0 Å². The minimum Gasteiger partial charge on any atom is -0.350 e. The lowest BCUT2D eigenvalue weighted by molar-refractivity contribution is -0.121. The molecule has 0 radical (unpaired) electrons. The highest BCUT2D eigenvalue weighted by Crippen LogP contribution is 2.41. The van der Waals surface area contributed by atoms with E-state index in [1.165, 1.54) is 28.7 Å². The van der Waals surface area contributed by atoms with E-state index in [2.05, 4.69) is 39.5 Å². The molecule has 1 amide bonds. The molecule has 1 N–H and O–H groups in total. The molecular formula is C20H20N4OS. The molecule has 0 spiro atoms. The van der Waals surface area contributed by atoms with Gasteiger partial charge in [0, 0.05) is 48.1 Å². The third-order valence-corrected chi connectivity index (χ3v) is 6.61. The smallest absolute Gasteiger partial charge is 0.221 e. The number of rotatable bonds is 2. The van der Waals surface area contributed by atoms with Gasteiger partial charge >= 0.3 is 0 Å². The third kappa shape index (κ3) is 2.65. The zero-order valence-corrected chi connectivity index (χ0v) is 15.3. The van der Waals surface area contributed by atoms with Crippen molar-refractivity contribution in [2.45, 2.75) is 31.7 Å². The molecule has 1 atom stereocenters. The number of nitrogens with one attached hydrogen (secondary N) is 1. The van der Waals surface area contributed by atoms with E-state index in [0.717, 1.165) is 29.3 Å². The van der Waals surface area contributed by atoms with Crippen LogP contribution >= 0.6 is 11.3 Å². The molecule has 5 rings (SSSR count). The number of nitrogens with zero attached hydrogens (tertiary/aromatic N) is 3. The summed E-state index contributed by atoms with van der Waals surface area (Å²) in [6, 6.07) is 8.33. The summed E-state index contributed by atoms with van der Waals surface area (Å²) in [5.74, 6) is 0.140. The number of thiazole rings is 1. The minimum atomic E-state index is 0.0486. The van der Waals surface area contributed by atoms with Crippen LogP contribution in [0.4, 0.5) is 5.13 Å². The van der Waals surface area contributed by atoms with E-state index in [0.29, 0.717) is 13.0 Å². The van der Waals surface area contributed by atoms with E-state index >= 15 is 0 Å². The highest BCUT2D eigenvalue weighted by atomic mass is 32.1. The maximum absolute atomic E-state index is 12.4. The molecule has 3 aromatic rings. The Labute approximate surface area is 156 Å². The van der Waals surface area contributed by atoms with Crippen LogP contribution in [0.2, 0.25) is 0 Å². The number of aromatic nitrogens is 2. The number of fused-ring (bicyclic) bond motifs is 2. The van der Waals surface area contributed by atoms with Crippen molar-refractivity contribution in [3.05, 3.63) is 52.8 Å². The van der Waals surface area contributed by atoms with Crippen molar-refractivity contribution >= 4 is 33.1 Å². The Bertz CT molecular complexity index is 972. The van der Waals surface area contributed by atoms with Gasteiger partial charge in [-0.25, -0.2) is 4.98 Å². The molecule has 0 saturated carbocycles. The monoisotopic (exact) mass is 364 g/mol. The summed E-state index contributed by atoms with van der Waals surface area (Å²) in [6.07, 6.45) is 6.65. The van der Waals surface area contributed by atoms with Gasteiger partial charge in [-0.15, -0.1) is 11.3 Å². The second-order valence-corrected chi connectivity index (χ2v) is 7.99. The van der Waals surface area contributed by atoms with Crippen LogP contribution in [0.3, 0.4) is 0 Å². The SMILES string of the molecule is O=C1CC(c2cccc3cnccc23)c2sc(N3CCCC3)nc2CN1. The lowest BCUT2D eigenvalue weighted by Crippen LogP contribution is -2.22. The van der Waals surface area contributed by atoms with Crippen molar-refractivity contribution in [1.82, 2.24) is 15.3 Å². The molecule has 26 heavy (non-hydrogen) atoms. The summed E-state index contributed by atoms with van der Waals surface area (Å²) in [7, 11) is 0. The van der Waals surface area contributed by atoms with Crippen molar-refractivity contribution in [2.75, 3.05) is 18.0 Å². The lowest BCUT2D eigenvalue weighted by atomic mass is 9.90. The quantitative estimate of drug-likeness (QED) is 0.757. The van der Waals surface area contributed by atoms with E-state index in [-0.39, 0.29) is 11.8 Å². The molecule has 1 saturated heterocycles. The second-order valence-electron chi connectivity index (χ2n) is 6.98. The highest BCUT2D eigenvalue weighted by Gasteiger charge is 2.30. The number of hydrogen-bond acceptors (Lipinski definition) is 5. The summed E-state index contributed by atoms with van der Waals surface area (Å²) < 4.78 is 0. The third-order valence-electron chi connectivity index (χ3n) is 5.34. The number of carbonyl (C=O) groups is 1. The Hall–Kier alpha value is -2.47. The molecule has 1 unspecified atom stereocenters. The first-order valence-corrected chi connectivity index (χ1v) is 9.95. The molecule has 5 nitrogen and oxygen atoms in total. The molecule has 1 fully saturated rings. The largest absolute Gasteiger partial charge is 0.350 e. The highest BCUT2D eigenvalue weighted by molar-refractivity contribution is 7.15. The van der Waals surface area contributed by atoms with E-state index in [4.69, 9.17) is 4.98 Å². The van der Waals surface area contributed by atoms with Gasteiger partial charge in [0.1, 0.15) is 0 Å². The van der Waals surface area contributed by atoms with Crippen molar-refractivity contribution in [3.63, 3.8) is 0 Å². The Kier molecular flexibility index (Phi) is 3.85. The van der Waals surface area contributed by atoms with Gasteiger partial charge in [-0.3, -0.25) is 9.78 Å². The normalized spacial score (nSPS) is 20.1. The molecule has 0 bridgehead atoms. The lowest BCUT2D eigenvalue weighted by Gasteiger charge is -2.17. The van der Waals surface area contributed by atoms with Crippen molar-refractivity contribution < 1.29 is 4.79 Å². The predicted octanol–water partition coefficient (Wildman–Crippen LogP) is 3.44. The predicted molar refractivity (Wildman–Crippen MR) is 104 cm³/mol. The Morgan fingerprint density at radius 2 is 2.08 bits per heavy atom. The van der Waals surface area contributed by atoms with Crippen LogP contribution in [-0.2, 0) is 11.3 Å². The van der Waals surface area contributed by atoms with Crippen molar-refractivity contribution in [1.29, 1.82) is 0 Å². The van der Waals surface area contributed by atoms with E-state index in [1.807, 2.05) is 12.4 Å². The minimum absolute atomic E-state index is 0.0486. The molecule has 0 aliphatic carbocycles. The van der Waals surface area contributed by atoms with E-state index in [9.17, 15) is 4.79 Å². The van der Waals surface area contributed by atoms with Crippen LogP contribution in [0, 0.1) is 0 Å². The van der Waals surface area contributed by atoms with Gasteiger partial charge in [-0.1, -0.05) is 18.2 Å². The number of carbonyl (C=O) groups excluding carboxylic acids is 1. The number of amides is 1. The van der Waals surface area contributed by atoms with Gasteiger partial charge in [0.2, 0.25) is 5.91 Å². The summed E-state index contributed by atoms with van der Waals surface area (Å²) in [6.45, 7) is 2.70. The molecule has 4 heterocycles. The van der Waals surface area contributed by atoms with Gasteiger partial charge in [0.15, 0.2) is 5.13 Å². The fourth-order valence-electron chi connectivity index (χ4n) is 4.03. The van der Waals surface area contributed by atoms with E-state index in [1.54, 1.807) is 11.3 Å². The van der Waals surface area contributed by atoms with Crippen LogP contribution < -0.4 is 10.2 Å². The summed E-state index contributed by atoms with van der Waals surface area (Å²) in [5, 5.41) is 6.42. The van der Waals surface area contributed by atoms with Gasteiger partial charge < -0.3 is 10.2 Å². The number of benzene rings is 1. The molecule has 2 aliphatic rings. The number of anilines is 1. The maximum atomic E-state index is 12.4. The first kappa shape index (κ1) is 15.8. The van der Waals surface area contributed by atoms with Crippen LogP contribution in [0.25, 0.3) is 10.8 Å². The van der Waals surface area contributed by atoms with Gasteiger partial charge in [-0.05, 0) is 29.9 Å². The van der Waals surface area contributed by atoms with Crippen molar-refractivity contribution in [2.24, 2.45) is 0 Å². The average Bonchev–Trinajstić information content (AvgIpc) is 3.31. The second kappa shape index (κ2) is 6.36. The van der Waals surface area contributed by atoms with Gasteiger partial charge in [0.05, 0.1) is 12.2 Å². The van der Waals surface area contributed by atoms with E-state index < -0.39 is 0 Å². The zero-order chi connectivity index (χ0) is 17.5. The van der Waals surface area contributed by atoms with Crippen LogP contribution in [0.15, 0.2) is 36.7 Å². The summed E-state index contributed by atoms with van der Waals surface area (Å²) in [5.41, 5.74) is 2.22. The first-order chi connectivity index (χ1) is 12.8. The summed E-state index contributed by atoms with van der Waals surface area (Å²) >= 11 is 1.77. The molecule has 132 valence electrons. The maximum Gasteiger partial charge on any atom is 0.221 e. The van der Waals surface area contributed by atoms with Crippen LogP contribution in [0.5, 0.6) is 0 Å². The molecule has 6 heteroatoms. The topological polar surface area (TPSA) is 58.1 Å². The zero-order valence-electron chi connectivity index (χ0n) is 14.4. The molecule has 2 aromatic heterocycles. The fraction of sp³-hybridized carbons (Fsp3) is 0.350. The van der Waals surface area contributed by atoms with Crippen LogP contribution in [-0.4, -0.2) is 29.0 Å². The Morgan fingerprint density at radius 1 is 1.19 bits per heavy atom. The first-order valence-electron chi connectivity index (χ1n) is 9.13. The molecule has 2 aliphatic heterocycles. The average molecular weight is 364 g/mol. The number of hydrogen-bond donors (Lipinski definition) is 1. The van der Waals surface area contributed by atoms with Gasteiger partial charge in [-0.2, -0.15) is 0 Å². The Balaban J connectivity index is 1.64.